The van der Waals surface area contributed by atoms with Gasteiger partial charge in [0.15, 0.2) is 0 Å². The van der Waals surface area contributed by atoms with Gasteiger partial charge >= 0.3 is 0 Å². The van der Waals surface area contributed by atoms with Crippen molar-refractivity contribution < 1.29 is 14.7 Å². The number of benzene rings is 2. The monoisotopic (exact) mass is 355 g/mol. The summed E-state index contributed by atoms with van der Waals surface area (Å²) in [5.74, 6) is 1.79. The summed E-state index contributed by atoms with van der Waals surface area (Å²) in [7, 11) is 0. The Hall–Kier alpha value is -2.69. The zero-order valence-corrected chi connectivity index (χ0v) is 14.5. The van der Waals surface area contributed by atoms with E-state index in [1.54, 1.807) is 24.3 Å². The topological polar surface area (TPSA) is 41.9 Å². The summed E-state index contributed by atoms with van der Waals surface area (Å²) in [5.41, 5.74) is 2.40. The van der Waals surface area contributed by atoms with Crippen LogP contribution >= 0.6 is 11.6 Å². The molecular formula is C20H18ClNO3. The SMILES string of the molecule is C=C1C=C(C)C=C(OCc2ccc(Oc3ccc(Cl)cc3)cc2)N1O. The van der Waals surface area contributed by atoms with Gasteiger partial charge in [-0.3, -0.25) is 5.21 Å². The highest BCUT2D eigenvalue weighted by Crippen LogP contribution is 2.25. The molecule has 0 saturated heterocycles. The van der Waals surface area contributed by atoms with E-state index in [0.717, 1.165) is 27.7 Å². The molecule has 5 heteroatoms. The summed E-state index contributed by atoms with van der Waals surface area (Å²) in [6.45, 7) is 6.01. The van der Waals surface area contributed by atoms with Crippen molar-refractivity contribution in [3.8, 4) is 11.5 Å². The van der Waals surface area contributed by atoms with Crippen LogP contribution in [-0.4, -0.2) is 10.3 Å². The number of nitrogens with zero attached hydrogens (tertiary/aromatic N) is 1. The van der Waals surface area contributed by atoms with Crippen LogP contribution in [0.5, 0.6) is 11.5 Å². The lowest BCUT2D eigenvalue weighted by atomic mass is 10.2. The zero-order chi connectivity index (χ0) is 17.8. The Balaban J connectivity index is 1.60. The third-order valence-corrected chi connectivity index (χ3v) is 3.84. The minimum atomic E-state index is 0.324. The van der Waals surface area contributed by atoms with Gasteiger partial charge in [0.2, 0.25) is 5.88 Å². The molecule has 0 aromatic heterocycles. The van der Waals surface area contributed by atoms with E-state index >= 15 is 0 Å². The number of ether oxygens (including phenoxy) is 2. The lowest BCUT2D eigenvalue weighted by Crippen LogP contribution is -2.21. The Kier molecular flexibility index (Phi) is 5.12. The molecule has 1 heterocycles. The first-order chi connectivity index (χ1) is 12.0. The van der Waals surface area contributed by atoms with Crippen molar-refractivity contribution in [1.29, 1.82) is 0 Å². The van der Waals surface area contributed by atoms with Gasteiger partial charge in [0.1, 0.15) is 18.1 Å². The van der Waals surface area contributed by atoms with E-state index in [2.05, 4.69) is 6.58 Å². The van der Waals surface area contributed by atoms with Crippen molar-refractivity contribution in [2.45, 2.75) is 13.5 Å². The second-order valence-electron chi connectivity index (χ2n) is 5.66. The average Bonchev–Trinajstić information content (AvgIpc) is 2.60. The molecule has 2 aromatic rings. The molecule has 1 aliphatic heterocycles. The summed E-state index contributed by atoms with van der Waals surface area (Å²) in [6, 6.07) is 14.7. The van der Waals surface area contributed by atoms with Crippen molar-refractivity contribution in [3.05, 3.63) is 95.0 Å². The minimum absolute atomic E-state index is 0.324. The van der Waals surface area contributed by atoms with Crippen LogP contribution in [0.25, 0.3) is 0 Å². The molecule has 0 saturated carbocycles. The second-order valence-corrected chi connectivity index (χ2v) is 6.10. The maximum absolute atomic E-state index is 9.93. The fourth-order valence-electron chi connectivity index (χ4n) is 2.32. The van der Waals surface area contributed by atoms with E-state index in [4.69, 9.17) is 21.1 Å². The molecule has 4 nitrogen and oxygen atoms in total. The first-order valence-electron chi connectivity index (χ1n) is 7.74. The van der Waals surface area contributed by atoms with Crippen molar-refractivity contribution in [1.82, 2.24) is 5.06 Å². The molecular weight excluding hydrogens is 338 g/mol. The third kappa shape index (κ3) is 4.44. The lowest BCUT2D eigenvalue weighted by molar-refractivity contribution is -0.0778. The molecule has 25 heavy (non-hydrogen) atoms. The number of allylic oxidation sites excluding steroid dienone is 3. The summed E-state index contributed by atoms with van der Waals surface area (Å²) < 4.78 is 11.4. The van der Waals surface area contributed by atoms with Gasteiger partial charge in [0.25, 0.3) is 0 Å². The molecule has 2 aromatic carbocycles. The van der Waals surface area contributed by atoms with Gasteiger partial charge in [0, 0.05) is 11.1 Å². The summed E-state index contributed by atoms with van der Waals surface area (Å²) >= 11 is 5.86. The zero-order valence-electron chi connectivity index (χ0n) is 13.8. The second kappa shape index (κ2) is 7.47. The van der Waals surface area contributed by atoms with Crippen LogP contribution < -0.4 is 4.74 Å². The molecule has 0 unspecified atom stereocenters. The van der Waals surface area contributed by atoms with Crippen molar-refractivity contribution in [2.24, 2.45) is 0 Å². The van der Waals surface area contributed by atoms with Crippen LogP contribution in [0.15, 0.2) is 84.4 Å². The molecule has 0 fully saturated rings. The van der Waals surface area contributed by atoms with Gasteiger partial charge in [-0.05, 0) is 60.5 Å². The van der Waals surface area contributed by atoms with Crippen molar-refractivity contribution in [3.63, 3.8) is 0 Å². The van der Waals surface area contributed by atoms with E-state index in [0.29, 0.717) is 23.2 Å². The van der Waals surface area contributed by atoms with Crippen LogP contribution in [0, 0.1) is 0 Å². The fourth-order valence-corrected chi connectivity index (χ4v) is 2.44. The lowest BCUT2D eigenvalue weighted by Gasteiger charge is -2.24. The average molecular weight is 356 g/mol. The number of hydrogen-bond acceptors (Lipinski definition) is 4. The van der Waals surface area contributed by atoms with Crippen LogP contribution in [-0.2, 0) is 11.3 Å². The van der Waals surface area contributed by atoms with E-state index < -0.39 is 0 Å². The number of halogens is 1. The third-order valence-electron chi connectivity index (χ3n) is 3.59. The van der Waals surface area contributed by atoms with Crippen LogP contribution in [0.4, 0.5) is 0 Å². The van der Waals surface area contributed by atoms with E-state index in [1.165, 1.54) is 0 Å². The van der Waals surface area contributed by atoms with Crippen LogP contribution in [0.3, 0.4) is 0 Å². The van der Waals surface area contributed by atoms with E-state index in [9.17, 15) is 5.21 Å². The smallest absolute Gasteiger partial charge is 0.218 e. The van der Waals surface area contributed by atoms with E-state index in [1.807, 2.05) is 43.3 Å². The molecule has 1 N–H and O–H groups in total. The molecule has 0 atom stereocenters. The quantitative estimate of drug-likeness (QED) is 0.751. The predicted octanol–water partition coefficient (Wildman–Crippen LogP) is 5.66. The van der Waals surface area contributed by atoms with Crippen molar-refractivity contribution >= 4 is 11.6 Å². The Morgan fingerprint density at radius 3 is 2.24 bits per heavy atom. The maximum Gasteiger partial charge on any atom is 0.218 e. The molecule has 0 amide bonds. The highest BCUT2D eigenvalue weighted by Gasteiger charge is 2.15. The fraction of sp³-hybridized carbons (Fsp3) is 0.100. The highest BCUT2D eigenvalue weighted by atomic mass is 35.5. The normalized spacial score (nSPS) is 14.0. The first-order valence-corrected chi connectivity index (χ1v) is 8.12. The van der Waals surface area contributed by atoms with Gasteiger partial charge in [-0.15, -0.1) is 0 Å². The molecule has 0 aliphatic carbocycles. The van der Waals surface area contributed by atoms with Gasteiger partial charge in [-0.2, -0.15) is 5.06 Å². The molecule has 0 spiro atoms. The molecule has 1 aliphatic rings. The molecule has 3 rings (SSSR count). The predicted molar refractivity (Wildman–Crippen MR) is 97.4 cm³/mol. The summed E-state index contributed by atoms with van der Waals surface area (Å²) in [5, 5.41) is 11.5. The Bertz CT molecular complexity index is 823. The Morgan fingerprint density at radius 1 is 1.00 bits per heavy atom. The molecule has 0 radical (unpaired) electrons. The summed E-state index contributed by atoms with van der Waals surface area (Å²) in [6.07, 6.45) is 3.53. The summed E-state index contributed by atoms with van der Waals surface area (Å²) in [4.78, 5) is 0. The van der Waals surface area contributed by atoms with Crippen LogP contribution in [0.1, 0.15) is 12.5 Å². The standard InChI is InChI=1S/C20H18ClNO3/c1-14-11-15(2)22(23)20(12-14)24-13-16-3-7-18(8-4-16)25-19-9-5-17(21)6-10-19/h3-12,23H,2,13H2,1H3. The largest absolute Gasteiger partial charge is 0.473 e. The van der Waals surface area contributed by atoms with Gasteiger partial charge in [-0.25, -0.2) is 0 Å². The minimum Gasteiger partial charge on any atom is -0.473 e. The Morgan fingerprint density at radius 2 is 1.60 bits per heavy atom. The number of hydrogen-bond donors (Lipinski definition) is 1. The van der Waals surface area contributed by atoms with Crippen LogP contribution in [0.2, 0.25) is 5.02 Å². The number of hydroxylamine groups is 2. The van der Waals surface area contributed by atoms with E-state index in [-0.39, 0.29) is 0 Å². The Labute approximate surface area is 151 Å². The molecule has 128 valence electrons. The van der Waals surface area contributed by atoms with Gasteiger partial charge < -0.3 is 9.47 Å². The number of rotatable bonds is 5. The highest BCUT2D eigenvalue weighted by molar-refractivity contribution is 6.30. The van der Waals surface area contributed by atoms with Crippen molar-refractivity contribution in [2.75, 3.05) is 0 Å². The van der Waals surface area contributed by atoms with Gasteiger partial charge in [0.05, 0.1) is 5.70 Å². The first kappa shape index (κ1) is 17.1. The van der Waals surface area contributed by atoms with Gasteiger partial charge in [-0.1, -0.05) is 30.3 Å². The molecule has 0 bridgehead atoms. The maximum atomic E-state index is 9.93.